The number of ketones is 1. The molecule has 0 bridgehead atoms. The van der Waals surface area contributed by atoms with E-state index in [0.29, 0.717) is 0 Å². The fraction of sp³-hybridized carbons (Fsp3) is 0.333. The number of nitriles is 1. The van der Waals surface area contributed by atoms with Crippen molar-refractivity contribution in [1.82, 2.24) is 4.90 Å². The molecule has 0 unspecified atom stereocenters. The van der Waals surface area contributed by atoms with Crippen molar-refractivity contribution in [3.63, 3.8) is 0 Å². The minimum atomic E-state index is -5.01. The van der Waals surface area contributed by atoms with E-state index in [2.05, 4.69) is 0 Å². The Balaban J connectivity index is 4.81. The lowest BCUT2D eigenvalue weighted by atomic mass is 10.1. The van der Waals surface area contributed by atoms with E-state index in [9.17, 15) is 18.0 Å². The first-order chi connectivity index (χ1) is 6.79. The second-order valence-electron chi connectivity index (χ2n) is 2.82. The average molecular weight is 218 g/mol. The van der Waals surface area contributed by atoms with Gasteiger partial charge >= 0.3 is 6.18 Å². The van der Waals surface area contributed by atoms with E-state index < -0.39 is 17.5 Å². The molecule has 0 aliphatic carbocycles. The highest BCUT2D eigenvalue weighted by molar-refractivity contribution is 6.03. The number of alkyl halides is 3. The molecule has 0 aliphatic rings. The zero-order valence-corrected chi connectivity index (χ0v) is 8.17. The first-order valence-corrected chi connectivity index (χ1v) is 3.85. The largest absolute Gasteiger partial charge is 0.455 e. The standard InChI is InChI=1S/C9H9F3N2O/c1-14(2)5-3-4-7(6-13)8(15)9(10,11)12/h3-5H,1-2H3. The van der Waals surface area contributed by atoms with E-state index >= 15 is 0 Å². The van der Waals surface area contributed by atoms with Crippen molar-refractivity contribution in [1.29, 1.82) is 5.26 Å². The summed E-state index contributed by atoms with van der Waals surface area (Å²) in [6, 6.07) is 1.20. The second kappa shape index (κ2) is 5.20. The van der Waals surface area contributed by atoms with Gasteiger partial charge in [0.2, 0.25) is 0 Å². The number of rotatable bonds is 3. The van der Waals surface area contributed by atoms with Crippen molar-refractivity contribution < 1.29 is 18.0 Å². The van der Waals surface area contributed by atoms with E-state index in [-0.39, 0.29) is 0 Å². The summed E-state index contributed by atoms with van der Waals surface area (Å²) < 4.78 is 35.7. The second-order valence-corrected chi connectivity index (χ2v) is 2.82. The van der Waals surface area contributed by atoms with Crippen LogP contribution in [0.2, 0.25) is 0 Å². The number of hydrogen-bond acceptors (Lipinski definition) is 3. The Morgan fingerprint density at radius 2 is 1.93 bits per heavy atom. The molecule has 0 radical (unpaired) electrons. The van der Waals surface area contributed by atoms with Crippen molar-refractivity contribution in [2.75, 3.05) is 14.1 Å². The predicted molar refractivity (Wildman–Crippen MR) is 47.6 cm³/mol. The maximum Gasteiger partial charge on any atom is 0.455 e. The van der Waals surface area contributed by atoms with Gasteiger partial charge in [0.25, 0.3) is 5.78 Å². The number of carbonyl (C=O) groups excluding carboxylic acids is 1. The zero-order valence-electron chi connectivity index (χ0n) is 8.17. The molecule has 0 heterocycles. The van der Waals surface area contributed by atoms with Crippen molar-refractivity contribution in [2.24, 2.45) is 0 Å². The number of Topliss-reactive ketones (excluding diaryl/α,β-unsaturated/α-hetero) is 1. The Hall–Kier alpha value is -1.77. The molecule has 0 fully saturated rings. The molecule has 0 aromatic heterocycles. The summed E-state index contributed by atoms with van der Waals surface area (Å²) in [6.07, 6.45) is -1.56. The van der Waals surface area contributed by atoms with Crippen LogP contribution in [0.25, 0.3) is 0 Å². The van der Waals surface area contributed by atoms with Crippen LogP contribution in [0.15, 0.2) is 23.9 Å². The first kappa shape index (κ1) is 13.2. The van der Waals surface area contributed by atoms with Gasteiger partial charge in [-0.25, -0.2) is 0 Å². The highest BCUT2D eigenvalue weighted by Gasteiger charge is 2.40. The van der Waals surface area contributed by atoms with E-state index in [1.165, 1.54) is 18.3 Å². The number of nitrogens with zero attached hydrogens (tertiary/aromatic N) is 2. The highest BCUT2D eigenvalue weighted by Crippen LogP contribution is 2.20. The Morgan fingerprint density at radius 1 is 1.40 bits per heavy atom. The maximum atomic E-state index is 11.9. The maximum absolute atomic E-state index is 11.9. The van der Waals surface area contributed by atoms with Crippen molar-refractivity contribution in [3.8, 4) is 6.07 Å². The van der Waals surface area contributed by atoms with Gasteiger partial charge in [-0.3, -0.25) is 4.79 Å². The first-order valence-electron chi connectivity index (χ1n) is 3.85. The van der Waals surface area contributed by atoms with Crippen LogP contribution in [-0.4, -0.2) is 31.0 Å². The molecule has 0 aromatic carbocycles. The Morgan fingerprint density at radius 3 is 2.27 bits per heavy atom. The van der Waals surface area contributed by atoms with Gasteiger partial charge in [0.15, 0.2) is 0 Å². The molecule has 0 aromatic rings. The van der Waals surface area contributed by atoms with Crippen LogP contribution in [0.5, 0.6) is 0 Å². The van der Waals surface area contributed by atoms with E-state index in [0.717, 1.165) is 6.08 Å². The third-order valence-corrected chi connectivity index (χ3v) is 1.27. The number of carbonyl (C=O) groups is 1. The van der Waals surface area contributed by atoms with Gasteiger partial charge in [-0.2, -0.15) is 18.4 Å². The molecule has 0 rings (SSSR count). The Bertz CT molecular complexity index is 334. The summed E-state index contributed by atoms with van der Waals surface area (Å²) in [5, 5.41) is 8.34. The molecule has 15 heavy (non-hydrogen) atoms. The van der Waals surface area contributed by atoms with Crippen LogP contribution in [0.1, 0.15) is 0 Å². The quantitative estimate of drug-likeness (QED) is 0.411. The predicted octanol–water partition coefficient (Wildman–Crippen LogP) is 1.64. The minimum Gasteiger partial charge on any atom is -0.383 e. The lowest BCUT2D eigenvalue weighted by Gasteiger charge is -2.03. The number of halogens is 3. The van der Waals surface area contributed by atoms with Crippen LogP contribution < -0.4 is 0 Å². The van der Waals surface area contributed by atoms with Gasteiger partial charge in [0.05, 0.1) is 0 Å². The van der Waals surface area contributed by atoms with Gasteiger partial charge in [0, 0.05) is 14.1 Å². The van der Waals surface area contributed by atoms with Gasteiger partial charge in [0.1, 0.15) is 11.6 Å². The molecule has 82 valence electrons. The number of allylic oxidation sites excluding steroid dienone is 3. The van der Waals surface area contributed by atoms with E-state index in [1.54, 1.807) is 19.0 Å². The molecule has 0 amide bonds. The lowest BCUT2D eigenvalue weighted by Crippen LogP contribution is -2.23. The van der Waals surface area contributed by atoms with Gasteiger partial charge in [-0.1, -0.05) is 0 Å². The molecular weight excluding hydrogens is 209 g/mol. The van der Waals surface area contributed by atoms with Crippen molar-refractivity contribution in [3.05, 3.63) is 23.9 Å². The zero-order chi connectivity index (χ0) is 12.1. The van der Waals surface area contributed by atoms with Crippen molar-refractivity contribution in [2.45, 2.75) is 6.18 Å². The Kier molecular flexibility index (Phi) is 4.58. The lowest BCUT2D eigenvalue weighted by molar-refractivity contribution is -0.166. The molecule has 6 heteroatoms. The van der Waals surface area contributed by atoms with Crippen molar-refractivity contribution >= 4 is 5.78 Å². The molecule has 0 saturated carbocycles. The van der Waals surface area contributed by atoms with Gasteiger partial charge < -0.3 is 4.90 Å². The summed E-state index contributed by atoms with van der Waals surface area (Å²) in [6.45, 7) is 0. The minimum absolute atomic E-state index is 0.829. The topological polar surface area (TPSA) is 44.1 Å². The molecule has 3 nitrogen and oxygen atoms in total. The highest BCUT2D eigenvalue weighted by atomic mass is 19.4. The van der Waals surface area contributed by atoms with Crippen LogP contribution >= 0.6 is 0 Å². The molecule has 0 N–H and O–H groups in total. The molecule has 0 saturated heterocycles. The van der Waals surface area contributed by atoms with Gasteiger partial charge in [-0.05, 0) is 18.4 Å². The number of hydrogen-bond donors (Lipinski definition) is 0. The third-order valence-electron chi connectivity index (χ3n) is 1.27. The van der Waals surface area contributed by atoms with Crippen LogP contribution in [0, 0.1) is 11.3 Å². The summed E-state index contributed by atoms with van der Waals surface area (Å²) in [4.78, 5) is 12.2. The fourth-order valence-electron chi connectivity index (χ4n) is 0.628. The molecule has 0 atom stereocenters. The van der Waals surface area contributed by atoms with E-state index in [4.69, 9.17) is 5.26 Å². The normalized spacial score (nSPS) is 12.7. The summed E-state index contributed by atoms with van der Waals surface area (Å²) in [5.41, 5.74) is -0.930. The molecule has 0 aliphatic heterocycles. The SMILES string of the molecule is CN(C)C=CC=C(C#N)C(=O)C(F)(F)F. The Labute approximate surface area is 85.1 Å². The summed E-state index contributed by atoms with van der Waals surface area (Å²) >= 11 is 0. The monoisotopic (exact) mass is 218 g/mol. The molecule has 0 spiro atoms. The summed E-state index contributed by atoms with van der Waals surface area (Å²) in [5.74, 6) is -2.13. The van der Waals surface area contributed by atoms with Crippen LogP contribution in [0.3, 0.4) is 0 Å². The molecular formula is C9H9F3N2O. The van der Waals surface area contributed by atoms with E-state index in [1.807, 2.05) is 0 Å². The smallest absolute Gasteiger partial charge is 0.383 e. The summed E-state index contributed by atoms with van der Waals surface area (Å²) in [7, 11) is 3.31. The van der Waals surface area contributed by atoms with Gasteiger partial charge in [-0.15, -0.1) is 0 Å². The third kappa shape index (κ3) is 4.86. The fourth-order valence-corrected chi connectivity index (χ4v) is 0.628. The average Bonchev–Trinajstić information content (AvgIpc) is 2.09. The van der Waals surface area contributed by atoms with Crippen LogP contribution in [0.4, 0.5) is 13.2 Å². The van der Waals surface area contributed by atoms with Crippen LogP contribution in [-0.2, 0) is 4.79 Å².